The van der Waals surface area contributed by atoms with E-state index in [9.17, 15) is 19.2 Å². The Bertz CT molecular complexity index is 1540. The van der Waals surface area contributed by atoms with Gasteiger partial charge in [-0.05, 0) is 84.5 Å². The van der Waals surface area contributed by atoms with Crippen LogP contribution in [0.5, 0.6) is 0 Å². The van der Waals surface area contributed by atoms with Crippen molar-refractivity contribution in [2.75, 3.05) is 10.6 Å². The van der Waals surface area contributed by atoms with Gasteiger partial charge in [-0.25, -0.2) is 4.98 Å². The van der Waals surface area contributed by atoms with E-state index in [1.54, 1.807) is 6.07 Å². The van der Waals surface area contributed by atoms with Gasteiger partial charge in [-0.2, -0.15) is 0 Å². The molecule has 9 nitrogen and oxygen atoms in total. The molecule has 11 heteroatoms. The van der Waals surface area contributed by atoms with E-state index in [1.165, 1.54) is 34.8 Å². The van der Waals surface area contributed by atoms with Crippen LogP contribution >= 0.6 is 22.7 Å². The molecule has 5 rings (SSSR count). The lowest BCUT2D eigenvalue weighted by atomic mass is 9.72. The number of rotatable bonds is 6. The summed E-state index contributed by atoms with van der Waals surface area (Å²) in [7, 11) is 0. The molecule has 3 heterocycles. The highest BCUT2D eigenvalue weighted by molar-refractivity contribution is 7.17. The standard InChI is InChI=1S/C33H41N5O4S2/c1-32(2,3)16-10-12-18-22(14-16)43-30(24(18)26(34)39)37-28(41)20-8-7-9-21(36-20)29(42)38-31-25(27(35)40)19-13-11-17(33(4,5)6)15-23(19)44-31/h7-9,16-17H,10-15H2,1-6H3,(H2,34,39)(H2,35,40)(H,37,41)(H,38,42). The molecule has 234 valence electrons. The fraction of sp³-hybridized carbons (Fsp3) is 0.485. The van der Waals surface area contributed by atoms with Gasteiger partial charge in [0, 0.05) is 9.75 Å². The van der Waals surface area contributed by atoms with Crippen molar-refractivity contribution in [1.82, 2.24) is 4.98 Å². The van der Waals surface area contributed by atoms with Gasteiger partial charge in [0.25, 0.3) is 23.6 Å². The summed E-state index contributed by atoms with van der Waals surface area (Å²) in [6.07, 6.45) is 4.99. The van der Waals surface area contributed by atoms with Crippen molar-refractivity contribution >= 4 is 56.3 Å². The monoisotopic (exact) mass is 635 g/mol. The Kier molecular flexibility index (Phi) is 8.50. The van der Waals surface area contributed by atoms with E-state index < -0.39 is 23.6 Å². The molecule has 3 aromatic heterocycles. The molecule has 0 aromatic carbocycles. The summed E-state index contributed by atoms with van der Waals surface area (Å²) in [5.74, 6) is -1.34. The number of amides is 4. The van der Waals surface area contributed by atoms with E-state index in [1.807, 2.05) is 0 Å². The van der Waals surface area contributed by atoms with Crippen LogP contribution in [-0.2, 0) is 25.7 Å². The van der Waals surface area contributed by atoms with Gasteiger partial charge in [-0.3, -0.25) is 19.2 Å². The molecule has 3 aromatic rings. The van der Waals surface area contributed by atoms with Crippen LogP contribution in [0.25, 0.3) is 0 Å². The molecular weight excluding hydrogens is 595 g/mol. The van der Waals surface area contributed by atoms with E-state index in [2.05, 4.69) is 57.2 Å². The number of thiophene rings is 2. The normalized spacial score (nSPS) is 18.2. The van der Waals surface area contributed by atoms with E-state index >= 15 is 0 Å². The first-order chi connectivity index (χ1) is 20.5. The van der Waals surface area contributed by atoms with Gasteiger partial charge in [-0.1, -0.05) is 47.6 Å². The number of anilines is 2. The average molecular weight is 636 g/mol. The maximum Gasteiger partial charge on any atom is 0.274 e. The Balaban J connectivity index is 1.36. The predicted molar refractivity (Wildman–Crippen MR) is 176 cm³/mol. The average Bonchev–Trinajstić information content (AvgIpc) is 3.48. The summed E-state index contributed by atoms with van der Waals surface area (Å²) in [4.78, 5) is 58.1. The number of nitrogens with two attached hydrogens (primary N) is 2. The van der Waals surface area contributed by atoms with Gasteiger partial charge in [0.15, 0.2) is 0 Å². The zero-order valence-corrected chi connectivity index (χ0v) is 27.8. The molecule has 4 amide bonds. The van der Waals surface area contributed by atoms with Gasteiger partial charge >= 0.3 is 0 Å². The number of fused-ring (bicyclic) bond motifs is 2. The van der Waals surface area contributed by atoms with Gasteiger partial charge in [0.1, 0.15) is 21.4 Å². The molecule has 44 heavy (non-hydrogen) atoms. The first-order valence-corrected chi connectivity index (χ1v) is 16.7. The Morgan fingerprint density at radius 1 is 0.727 bits per heavy atom. The fourth-order valence-corrected chi connectivity index (χ4v) is 9.03. The molecular formula is C33H41N5O4S2. The van der Waals surface area contributed by atoms with Crippen molar-refractivity contribution in [3.8, 4) is 0 Å². The zero-order valence-electron chi connectivity index (χ0n) is 26.2. The predicted octanol–water partition coefficient (Wildman–Crippen LogP) is 6.21. The van der Waals surface area contributed by atoms with Crippen LogP contribution in [0.3, 0.4) is 0 Å². The van der Waals surface area contributed by atoms with Crippen LogP contribution in [-0.4, -0.2) is 28.6 Å². The number of carbonyl (C=O) groups is 4. The first-order valence-electron chi connectivity index (χ1n) is 15.0. The lowest BCUT2D eigenvalue weighted by molar-refractivity contribution is 0.0989. The highest BCUT2D eigenvalue weighted by Gasteiger charge is 2.35. The topological polar surface area (TPSA) is 157 Å². The van der Waals surface area contributed by atoms with Crippen molar-refractivity contribution in [3.05, 3.63) is 61.6 Å². The lowest BCUT2D eigenvalue weighted by Gasteiger charge is -2.33. The number of hydrogen-bond acceptors (Lipinski definition) is 7. The van der Waals surface area contributed by atoms with Gasteiger partial charge < -0.3 is 22.1 Å². The molecule has 2 unspecified atom stereocenters. The summed E-state index contributed by atoms with van der Waals surface area (Å²) in [5, 5.41) is 6.48. The minimum absolute atomic E-state index is 0.0145. The smallest absolute Gasteiger partial charge is 0.274 e. The molecule has 0 saturated carbocycles. The van der Waals surface area contributed by atoms with E-state index in [-0.39, 0.29) is 22.2 Å². The molecule has 2 aliphatic carbocycles. The maximum atomic E-state index is 13.3. The molecule has 2 aliphatic rings. The number of aromatic nitrogens is 1. The van der Waals surface area contributed by atoms with E-state index in [0.717, 1.165) is 59.4 Å². The summed E-state index contributed by atoms with van der Waals surface area (Å²) < 4.78 is 0. The molecule has 0 bridgehead atoms. The van der Waals surface area contributed by atoms with E-state index in [4.69, 9.17) is 11.5 Å². The second-order valence-corrected chi connectivity index (χ2v) is 16.3. The third kappa shape index (κ3) is 6.30. The van der Waals surface area contributed by atoms with Gasteiger partial charge in [0.05, 0.1) is 11.1 Å². The number of pyridine rings is 1. The molecule has 0 aliphatic heterocycles. The maximum absolute atomic E-state index is 13.3. The molecule has 2 atom stereocenters. The van der Waals surface area contributed by atoms with Crippen LogP contribution in [0.15, 0.2) is 18.2 Å². The zero-order chi connectivity index (χ0) is 32.1. The van der Waals surface area contributed by atoms with Crippen molar-refractivity contribution in [1.29, 1.82) is 0 Å². The van der Waals surface area contributed by atoms with Crippen molar-refractivity contribution < 1.29 is 19.2 Å². The quantitative estimate of drug-likeness (QED) is 0.253. The second-order valence-electron chi connectivity index (χ2n) is 14.1. The van der Waals surface area contributed by atoms with Crippen LogP contribution in [0.4, 0.5) is 10.0 Å². The Hall–Kier alpha value is -3.57. The SMILES string of the molecule is CC(C)(C)C1CCc2c(sc(NC(=O)c3cccc(C(=O)Nc4sc5c(c4C(N)=O)CCC(C(C)(C)C)C5)n3)c2C(N)=O)C1. The van der Waals surface area contributed by atoms with Gasteiger partial charge in [0.2, 0.25) is 0 Å². The third-order valence-electron chi connectivity index (χ3n) is 9.14. The van der Waals surface area contributed by atoms with Crippen LogP contribution in [0, 0.1) is 22.7 Å². The highest BCUT2D eigenvalue weighted by atomic mass is 32.1. The lowest BCUT2D eigenvalue weighted by Crippen LogP contribution is -2.27. The molecule has 0 spiro atoms. The van der Waals surface area contributed by atoms with Crippen LogP contribution < -0.4 is 22.1 Å². The Morgan fingerprint density at radius 2 is 1.11 bits per heavy atom. The summed E-state index contributed by atoms with van der Waals surface area (Å²) in [6, 6.07) is 4.58. The number of primary amides is 2. The van der Waals surface area contributed by atoms with Crippen LogP contribution in [0.2, 0.25) is 0 Å². The molecule has 0 saturated heterocycles. The number of carbonyl (C=O) groups excluding carboxylic acids is 4. The van der Waals surface area contributed by atoms with Crippen LogP contribution in [0.1, 0.15) is 117 Å². The van der Waals surface area contributed by atoms with Gasteiger partial charge in [-0.15, -0.1) is 22.7 Å². The number of nitrogens with zero attached hydrogens (tertiary/aromatic N) is 1. The third-order valence-corrected chi connectivity index (χ3v) is 11.5. The number of hydrogen-bond donors (Lipinski definition) is 4. The molecule has 6 N–H and O–H groups in total. The van der Waals surface area contributed by atoms with Crippen molar-refractivity contribution in [2.24, 2.45) is 34.1 Å². The summed E-state index contributed by atoms with van der Waals surface area (Å²) in [5.41, 5.74) is 14.4. The number of nitrogens with one attached hydrogen (secondary N) is 2. The Morgan fingerprint density at radius 3 is 1.45 bits per heavy atom. The summed E-state index contributed by atoms with van der Waals surface area (Å²) >= 11 is 2.76. The fourth-order valence-electron chi connectivity index (χ4n) is 6.37. The van der Waals surface area contributed by atoms with E-state index in [0.29, 0.717) is 33.0 Å². The Labute approximate surface area is 266 Å². The van der Waals surface area contributed by atoms with Crippen molar-refractivity contribution in [3.63, 3.8) is 0 Å². The molecule has 0 fully saturated rings. The first kappa shape index (κ1) is 31.8. The van der Waals surface area contributed by atoms with Crippen molar-refractivity contribution in [2.45, 2.75) is 80.1 Å². The highest BCUT2D eigenvalue weighted by Crippen LogP contribution is 2.45. The second kappa shape index (κ2) is 11.7. The minimum Gasteiger partial charge on any atom is -0.365 e. The largest absolute Gasteiger partial charge is 0.365 e. The molecule has 0 radical (unpaired) electrons. The summed E-state index contributed by atoms with van der Waals surface area (Å²) in [6.45, 7) is 13.3. The minimum atomic E-state index is -0.578.